The standard InChI is InChI=1S/C37H52N8O9S/c1-5-8-9-10-15-31(46)37(55-35-24(4)20-27(23-39-35)44(51)52,36(48)42(7-3)33-19-16-26(22-38-33)43(49)50)34(47)29(21-25-13-11-12-14-25)41-32-18-17-30(45(53)54)28(6-2)40-32/h16-20,22-23,25,29,31,34,36,46-48H,5-15,21H2,1-4H3,(H,40,41). The van der Waals surface area contributed by atoms with Gasteiger partial charge in [-0.15, -0.1) is 0 Å². The summed E-state index contributed by atoms with van der Waals surface area (Å²) in [5, 5.41) is 76.8. The maximum absolute atomic E-state index is 13.0. The van der Waals surface area contributed by atoms with E-state index < -0.39 is 44.0 Å². The number of aromatic nitrogens is 3. The molecule has 5 unspecified atom stereocenters. The second-order valence-corrected chi connectivity index (χ2v) is 15.3. The third-order valence-electron chi connectivity index (χ3n) is 10.3. The maximum Gasteiger partial charge on any atom is 0.290 e. The summed E-state index contributed by atoms with van der Waals surface area (Å²) in [7, 11) is 0. The van der Waals surface area contributed by atoms with Crippen molar-refractivity contribution in [2.75, 3.05) is 16.8 Å². The summed E-state index contributed by atoms with van der Waals surface area (Å²) >= 11 is 0.917. The molecular weight excluding hydrogens is 733 g/mol. The van der Waals surface area contributed by atoms with E-state index in [1.54, 1.807) is 20.8 Å². The molecule has 3 aromatic rings. The zero-order valence-electron chi connectivity index (χ0n) is 31.7. The lowest BCUT2D eigenvalue weighted by atomic mass is 9.81. The minimum atomic E-state index is -1.94. The van der Waals surface area contributed by atoms with E-state index >= 15 is 0 Å². The van der Waals surface area contributed by atoms with Crippen LogP contribution in [-0.2, 0) is 6.42 Å². The van der Waals surface area contributed by atoms with Crippen LogP contribution in [0.2, 0.25) is 0 Å². The molecule has 0 bridgehead atoms. The van der Waals surface area contributed by atoms with Crippen molar-refractivity contribution < 1.29 is 30.1 Å². The first-order valence-corrected chi connectivity index (χ1v) is 19.7. The van der Waals surface area contributed by atoms with Gasteiger partial charge in [0.1, 0.15) is 45.7 Å². The molecule has 1 saturated carbocycles. The third kappa shape index (κ3) is 10.4. The average Bonchev–Trinajstić information content (AvgIpc) is 3.69. The first kappa shape index (κ1) is 43.2. The molecule has 4 rings (SSSR count). The van der Waals surface area contributed by atoms with Gasteiger partial charge in [0.2, 0.25) is 0 Å². The van der Waals surface area contributed by atoms with Crippen LogP contribution in [0.4, 0.5) is 28.7 Å². The number of thioether (sulfide) groups is 1. The van der Waals surface area contributed by atoms with Gasteiger partial charge in [-0.2, -0.15) is 0 Å². The van der Waals surface area contributed by atoms with Crippen LogP contribution in [0, 0.1) is 43.2 Å². The highest BCUT2D eigenvalue weighted by molar-refractivity contribution is 8.00. The van der Waals surface area contributed by atoms with Crippen LogP contribution in [-0.4, -0.2) is 80.8 Å². The number of anilines is 2. The lowest BCUT2D eigenvalue weighted by Gasteiger charge is -2.50. The van der Waals surface area contributed by atoms with Crippen molar-refractivity contribution in [2.45, 2.75) is 133 Å². The van der Waals surface area contributed by atoms with Gasteiger partial charge >= 0.3 is 0 Å². The van der Waals surface area contributed by atoms with E-state index in [1.807, 2.05) is 0 Å². The van der Waals surface area contributed by atoms with Gasteiger partial charge in [-0.3, -0.25) is 30.3 Å². The molecular formula is C37H52N8O9S. The zero-order valence-corrected chi connectivity index (χ0v) is 32.6. The van der Waals surface area contributed by atoms with E-state index in [9.17, 15) is 45.7 Å². The largest absolute Gasteiger partial charge is 0.391 e. The summed E-state index contributed by atoms with van der Waals surface area (Å²) in [4.78, 5) is 47.9. The maximum atomic E-state index is 13.0. The molecule has 3 aromatic heterocycles. The predicted molar refractivity (Wildman–Crippen MR) is 209 cm³/mol. The molecule has 18 heteroatoms. The molecule has 17 nitrogen and oxygen atoms in total. The summed E-state index contributed by atoms with van der Waals surface area (Å²) in [6.45, 7) is 7.26. The monoisotopic (exact) mass is 784 g/mol. The quantitative estimate of drug-likeness (QED) is 0.0266. The Morgan fingerprint density at radius 1 is 0.927 bits per heavy atom. The van der Waals surface area contributed by atoms with E-state index in [0.717, 1.165) is 69.1 Å². The lowest BCUT2D eigenvalue weighted by Crippen LogP contribution is -2.67. The summed E-state index contributed by atoms with van der Waals surface area (Å²) in [6.07, 6.45) is 5.17. The van der Waals surface area contributed by atoms with Crippen molar-refractivity contribution >= 4 is 40.5 Å². The molecule has 5 atom stereocenters. The topological polar surface area (TPSA) is 244 Å². The van der Waals surface area contributed by atoms with Gasteiger partial charge in [0, 0.05) is 24.7 Å². The summed E-state index contributed by atoms with van der Waals surface area (Å²) in [5.41, 5.74) is -0.0386. The molecule has 1 aliphatic carbocycles. The molecule has 0 aliphatic heterocycles. The van der Waals surface area contributed by atoms with E-state index in [1.165, 1.54) is 35.2 Å². The van der Waals surface area contributed by atoms with E-state index in [-0.39, 0.29) is 64.7 Å². The summed E-state index contributed by atoms with van der Waals surface area (Å²) in [5.74, 6) is 0.578. The van der Waals surface area contributed by atoms with Crippen molar-refractivity contribution in [3.05, 3.63) is 84.3 Å². The highest BCUT2D eigenvalue weighted by Crippen LogP contribution is 2.47. The van der Waals surface area contributed by atoms with E-state index in [0.29, 0.717) is 18.4 Å². The smallest absolute Gasteiger partial charge is 0.290 e. The number of aliphatic hydroxyl groups is 3. The van der Waals surface area contributed by atoms with Gasteiger partial charge in [0.05, 0.1) is 33.0 Å². The molecule has 55 heavy (non-hydrogen) atoms. The minimum absolute atomic E-state index is 0.0979. The highest BCUT2D eigenvalue weighted by atomic mass is 32.2. The summed E-state index contributed by atoms with van der Waals surface area (Å²) < 4.78 is -1.94. The number of hydrogen-bond acceptors (Lipinski definition) is 15. The van der Waals surface area contributed by atoms with Gasteiger partial charge in [-0.1, -0.05) is 77.0 Å². The number of nitrogens with one attached hydrogen (secondary N) is 1. The van der Waals surface area contributed by atoms with Crippen LogP contribution in [0.1, 0.15) is 96.2 Å². The van der Waals surface area contributed by atoms with Gasteiger partial charge in [0.15, 0.2) is 0 Å². The Morgan fingerprint density at radius 3 is 2.18 bits per heavy atom. The third-order valence-corrected chi connectivity index (χ3v) is 12.0. The van der Waals surface area contributed by atoms with Crippen molar-refractivity contribution in [3.63, 3.8) is 0 Å². The van der Waals surface area contributed by atoms with Gasteiger partial charge in [-0.25, -0.2) is 15.0 Å². The number of unbranched alkanes of at least 4 members (excludes halogenated alkanes) is 3. The molecule has 4 N–H and O–H groups in total. The Kier molecular flexibility index (Phi) is 15.6. The second kappa shape index (κ2) is 19.9. The SMILES string of the molecule is CCCCCCC(O)C(Sc1ncc([N+](=O)[O-])cc1C)(C(O)C(CC1CCCC1)Nc1ccc([N+](=O)[O-])c(CC)n1)C(O)N(CC)c1ccc([N+](=O)[O-])cn1. The van der Waals surface area contributed by atoms with Crippen LogP contribution >= 0.6 is 11.8 Å². The number of nitrogens with zero attached hydrogens (tertiary/aromatic N) is 7. The zero-order chi connectivity index (χ0) is 40.3. The fourth-order valence-electron chi connectivity index (χ4n) is 7.35. The first-order chi connectivity index (χ1) is 26.3. The Balaban J connectivity index is 1.95. The van der Waals surface area contributed by atoms with E-state index in [4.69, 9.17) is 0 Å². The van der Waals surface area contributed by atoms with Crippen LogP contribution in [0.15, 0.2) is 47.8 Å². The van der Waals surface area contributed by atoms with Crippen molar-refractivity contribution in [3.8, 4) is 0 Å². The molecule has 1 fully saturated rings. The summed E-state index contributed by atoms with van der Waals surface area (Å²) in [6, 6.07) is 5.92. The lowest BCUT2D eigenvalue weighted by molar-refractivity contribution is -0.385. The predicted octanol–water partition coefficient (Wildman–Crippen LogP) is 6.90. The van der Waals surface area contributed by atoms with E-state index in [2.05, 4.69) is 27.2 Å². The molecule has 0 saturated heterocycles. The number of nitro groups is 3. The molecule has 300 valence electrons. The molecule has 0 spiro atoms. The van der Waals surface area contributed by atoms with Crippen LogP contribution < -0.4 is 10.2 Å². The Morgan fingerprint density at radius 2 is 1.62 bits per heavy atom. The Hall–Kier alpha value is -4.52. The number of aliphatic hydroxyl groups excluding tert-OH is 3. The molecule has 3 heterocycles. The van der Waals surface area contributed by atoms with Crippen LogP contribution in [0.5, 0.6) is 0 Å². The van der Waals surface area contributed by atoms with Crippen molar-refractivity contribution in [1.29, 1.82) is 0 Å². The Labute approximate surface area is 324 Å². The van der Waals surface area contributed by atoms with Crippen molar-refractivity contribution in [2.24, 2.45) is 5.92 Å². The highest BCUT2D eigenvalue weighted by Gasteiger charge is 2.56. The fraction of sp³-hybridized carbons (Fsp3) is 0.595. The van der Waals surface area contributed by atoms with Gasteiger partial charge in [0.25, 0.3) is 17.1 Å². The molecule has 0 aromatic carbocycles. The number of aryl methyl sites for hydroxylation is 2. The minimum Gasteiger partial charge on any atom is -0.391 e. The average molecular weight is 785 g/mol. The number of pyridine rings is 3. The van der Waals surface area contributed by atoms with Crippen LogP contribution in [0.3, 0.4) is 0 Å². The van der Waals surface area contributed by atoms with Gasteiger partial charge < -0.3 is 25.5 Å². The molecule has 1 aliphatic rings. The molecule has 0 amide bonds. The van der Waals surface area contributed by atoms with Gasteiger partial charge in [-0.05, 0) is 56.7 Å². The normalized spacial score (nSPS) is 16.5. The fourth-order valence-corrected chi connectivity index (χ4v) is 8.78. The molecule has 0 radical (unpaired) electrons. The second-order valence-electron chi connectivity index (χ2n) is 14.0. The van der Waals surface area contributed by atoms with Crippen molar-refractivity contribution in [1.82, 2.24) is 15.0 Å². The first-order valence-electron chi connectivity index (χ1n) is 18.9. The van der Waals surface area contributed by atoms with Crippen LogP contribution in [0.25, 0.3) is 0 Å². The number of hydrogen-bond donors (Lipinski definition) is 4. The number of rotatable bonds is 22. The Bertz CT molecular complexity index is 1760.